The van der Waals surface area contributed by atoms with Crippen LogP contribution in [0.1, 0.15) is 11.1 Å². The summed E-state index contributed by atoms with van der Waals surface area (Å²) in [7, 11) is 0. The summed E-state index contributed by atoms with van der Waals surface area (Å²) in [6.07, 6.45) is -4.70. The van der Waals surface area contributed by atoms with Crippen molar-refractivity contribution < 1.29 is 17.6 Å². The molecule has 0 saturated heterocycles. The van der Waals surface area contributed by atoms with Crippen LogP contribution in [-0.4, -0.2) is 0 Å². The van der Waals surface area contributed by atoms with Crippen molar-refractivity contribution >= 4 is 21.6 Å². The quantitative estimate of drug-likeness (QED) is 0.750. The number of benzene rings is 2. The summed E-state index contributed by atoms with van der Waals surface area (Å²) >= 11 is 3.35. The first-order valence-electron chi connectivity index (χ1n) is 5.72. The SMILES string of the molecule is Fc1ccc(NCc2ccccc2Br)cc1C(F)(F)F. The lowest BCUT2D eigenvalue weighted by atomic mass is 10.1. The molecule has 0 bridgehead atoms. The Kier molecular flexibility index (Phi) is 4.32. The average molecular weight is 348 g/mol. The van der Waals surface area contributed by atoms with Gasteiger partial charge in [0, 0.05) is 16.7 Å². The summed E-state index contributed by atoms with van der Waals surface area (Å²) in [6, 6.07) is 10.2. The minimum atomic E-state index is -4.70. The predicted octanol–water partition coefficient (Wildman–Crippen LogP) is 5.22. The van der Waals surface area contributed by atoms with Crippen LogP contribution in [0.15, 0.2) is 46.9 Å². The second kappa shape index (κ2) is 5.83. The number of anilines is 1. The largest absolute Gasteiger partial charge is 0.419 e. The standard InChI is InChI=1S/C14H10BrF4N/c15-12-4-2-1-3-9(12)8-20-10-5-6-13(16)11(7-10)14(17,18)19/h1-7,20H,8H2. The number of hydrogen-bond acceptors (Lipinski definition) is 1. The van der Waals surface area contributed by atoms with E-state index in [1.807, 2.05) is 24.3 Å². The Hall–Kier alpha value is -1.56. The zero-order valence-corrected chi connectivity index (χ0v) is 11.7. The Bertz CT molecular complexity index is 610. The van der Waals surface area contributed by atoms with E-state index in [2.05, 4.69) is 21.2 Å². The fourth-order valence-electron chi connectivity index (χ4n) is 1.69. The van der Waals surface area contributed by atoms with Crippen molar-refractivity contribution in [3.05, 3.63) is 63.9 Å². The number of rotatable bonds is 3. The molecule has 0 saturated carbocycles. The molecule has 0 aliphatic heterocycles. The van der Waals surface area contributed by atoms with Crippen molar-refractivity contribution in [2.24, 2.45) is 0 Å². The van der Waals surface area contributed by atoms with E-state index in [1.165, 1.54) is 6.07 Å². The van der Waals surface area contributed by atoms with Crippen molar-refractivity contribution in [2.45, 2.75) is 12.7 Å². The van der Waals surface area contributed by atoms with Crippen LogP contribution in [0.25, 0.3) is 0 Å². The summed E-state index contributed by atoms with van der Waals surface area (Å²) in [5, 5.41) is 2.84. The Balaban J connectivity index is 2.17. The van der Waals surface area contributed by atoms with Gasteiger partial charge in [-0.15, -0.1) is 0 Å². The molecule has 0 radical (unpaired) electrons. The molecule has 0 unspecified atom stereocenters. The molecule has 106 valence electrons. The van der Waals surface area contributed by atoms with Gasteiger partial charge >= 0.3 is 6.18 Å². The Morgan fingerprint density at radius 3 is 2.40 bits per heavy atom. The van der Waals surface area contributed by atoms with Gasteiger partial charge in [0.15, 0.2) is 0 Å². The smallest absolute Gasteiger partial charge is 0.381 e. The van der Waals surface area contributed by atoms with Gasteiger partial charge in [-0.1, -0.05) is 34.1 Å². The van der Waals surface area contributed by atoms with Gasteiger partial charge in [0.05, 0.1) is 5.56 Å². The molecule has 1 nitrogen and oxygen atoms in total. The van der Waals surface area contributed by atoms with E-state index in [0.29, 0.717) is 6.54 Å². The lowest BCUT2D eigenvalue weighted by Gasteiger charge is -2.12. The van der Waals surface area contributed by atoms with Crippen LogP contribution in [0, 0.1) is 5.82 Å². The zero-order valence-electron chi connectivity index (χ0n) is 10.1. The van der Waals surface area contributed by atoms with E-state index < -0.39 is 17.6 Å². The molecule has 6 heteroatoms. The molecule has 2 rings (SSSR count). The number of nitrogens with one attached hydrogen (secondary N) is 1. The molecule has 20 heavy (non-hydrogen) atoms. The molecule has 0 heterocycles. The molecule has 0 fully saturated rings. The number of hydrogen-bond donors (Lipinski definition) is 1. The molecule has 0 atom stereocenters. The minimum Gasteiger partial charge on any atom is -0.381 e. The monoisotopic (exact) mass is 347 g/mol. The molecule has 0 aliphatic rings. The van der Waals surface area contributed by atoms with Crippen LogP contribution in [0.4, 0.5) is 23.2 Å². The molecular formula is C14H10BrF4N. The van der Waals surface area contributed by atoms with Gasteiger partial charge in [-0.25, -0.2) is 4.39 Å². The van der Waals surface area contributed by atoms with Crippen molar-refractivity contribution in [2.75, 3.05) is 5.32 Å². The molecule has 1 N–H and O–H groups in total. The topological polar surface area (TPSA) is 12.0 Å². The average Bonchev–Trinajstić information content (AvgIpc) is 2.38. The fraction of sp³-hybridized carbons (Fsp3) is 0.143. The summed E-state index contributed by atoms with van der Waals surface area (Å²) in [5.74, 6) is -1.27. The van der Waals surface area contributed by atoms with Crippen LogP contribution in [-0.2, 0) is 12.7 Å². The molecule has 2 aromatic carbocycles. The molecule has 0 amide bonds. The highest BCUT2D eigenvalue weighted by atomic mass is 79.9. The second-order valence-corrected chi connectivity index (χ2v) is 4.99. The molecule has 0 aliphatic carbocycles. The maximum absolute atomic E-state index is 13.1. The highest BCUT2D eigenvalue weighted by Crippen LogP contribution is 2.33. The minimum absolute atomic E-state index is 0.217. The maximum Gasteiger partial charge on any atom is 0.419 e. The van der Waals surface area contributed by atoms with E-state index in [0.717, 1.165) is 22.2 Å². The van der Waals surface area contributed by atoms with Gasteiger partial charge in [0.1, 0.15) is 5.82 Å². The molecule has 0 spiro atoms. The van der Waals surface area contributed by atoms with Gasteiger partial charge in [-0.3, -0.25) is 0 Å². The first-order valence-corrected chi connectivity index (χ1v) is 6.51. The molecular weight excluding hydrogens is 338 g/mol. The van der Waals surface area contributed by atoms with Gasteiger partial charge in [-0.2, -0.15) is 13.2 Å². The number of alkyl halides is 3. The zero-order chi connectivity index (χ0) is 14.8. The lowest BCUT2D eigenvalue weighted by Crippen LogP contribution is -2.09. The fourth-order valence-corrected chi connectivity index (χ4v) is 2.12. The van der Waals surface area contributed by atoms with E-state index in [1.54, 1.807) is 0 Å². The van der Waals surface area contributed by atoms with E-state index in [9.17, 15) is 17.6 Å². The van der Waals surface area contributed by atoms with Gasteiger partial charge in [0.2, 0.25) is 0 Å². The third-order valence-corrected chi connectivity index (χ3v) is 3.49. The third kappa shape index (κ3) is 3.50. The highest BCUT2D eigenvalue weighted by Gasteiger charge is 2.34. The summed E-state index contributed by atoms with van der Waals surface area (Å²) in [6.45, 7) is 0.338. The van der Waals surface area contributed by atoms with E-state index >= 15 is 0 Å². The van der Waals surface area contributed by atoms with Crippen molar-refractivity contribution in [1.82, 2.24) is 0 Å². The summed E-state index contributed by atoms with van der Waals surface area (Å²) in [4.78, 5) is 0. The lowest BCUT2D eigenvalue weighted by molar-refractivity contribution is -0.139. The first kappa shape index (κ1) is 14.8. The Morgan fingerprint density at radius 2 is 1.75 bits per heavy atom. The number of halogens is 5. The third-order valence-electron chi connectivity index (χ3n) is 2.71. The highest BCUT2D eigenvalue weighted by molar-refractivity contribution is 9.10. The first-order chi connectivity index (χ1) is 9.38. The Morgan fingerprint density at radius 1 is 1.05 bits per heavy atom. The van der Waals surface area contributed by atoms with Gasteiger partial charge in [0.25, 0.3) is 0 Å². The van der Waals surface area contributed by atoms with Gasteiger partial charge < -0.3 is 5.32 Å². The summed E-state index contributed by atoms with van der Waals surface area (Å²) in [5.41, 5.74) is -0.158. The molecule has 0 aromatic heterocycles. The van der Waals surface area contributed by atoms with Crippen molar-refractivity contribution in [3.63, 3.8) is 0 Å². The van der Waals surface area contributed by atoms with Crippen LogP contribution in [0.5, 0.6) is 0 Å². The van der Waals surface area contributed by atoms with Crippen LogP contribution >= 0.6 is 15.9 Å². The molecule has 2 aromatic rings. The predicted molar refractivity (Wildman–Crippen MR) is 72.9 cm³/mol. The van der Waals surface area contributed by atoms with Crippen LogP contribution in [0.2, 0.25) is 0 Å². The van der Waals surface area contributed by atoms with Crippen LogP contribution in [0.3, 0.4) is 0 Å². The normalized spacial score (nSPS) is 11.4. The van der Waals surface area contributed by atoms with E-state index in [4.69, 9.17) is 0 Å². The second-order valence-electron chi connectivity index (χ2n) is 4.14. The Labute approximate surface area is 121 Å². The van der Waals surface area contributed by atoms with Crippen molar-refractivity contribution in [1.29, 1.82) is 0 Å². The van der Waals surface area contributed by atoms with Crippen molar-refractivity contribution in [3.8, 4) is 0 Å². The van der Waals surface area contributed by atoms with Crippen LogP contribution < -0.4 is 5.32 Å². The van der Waals surface area contributed by atoms with Gasteiger partial charge in [-0.05, 0) is 29.8 Å². The summed E-state index contributed by atoms with van der Waals surface area (Å²) < 4.78 is 51.7. The van der Waals surface area contributed by atoms with E-state index in [-0.39, 0.29) is 5.69 Å². The maximum atomic E-state index is 13.1.